The summed E-state index contributed by atoms with van der Waals surface area (Å²) in [7, 11) is 0. The minimum atomic E-state index is 0.805. The van der Waals surface area contributed by atoms with Crippen LogP contribution < -0.4 is 0 Å². The van der Waals surface area contributed by atoms with Crippen molar-refractivity contribution in [2.45, 2.75) is 13.8 Å². The highest BCUT2D eigenvalue weighted by Crippen LogP contribution is 2.30. The van der Waals surface area contributed by atoms with Crippen molar-refractivity contribution in [3.63, 3.8) is 0 Å². The predicted molar refractivity (Wildman–Crippen MR) is 73.0 cm³/mol. The number of nitrogens with zero attached hydrogens (tertiary/aromatic N) is 2. The summed E-state index contributed by atoms with van der Waals surface area (Å²) < 4.78 is 2.96. The molecule has 3 rings (SSSR count). The highest BCUT2D eigenvalue weighted by Gasteiger charge is 2.09. The van der Waals surface area contributed by atoms with Gasteiger partial charge in [0.2, 0.25) is 0 Å². The Morgan fingerprint density at radius 1 is 1.24 bits per heavy atom. The van der Waals surface area contributed by atoms with E-state index in [1.165, 1.54) is 11.3 Å². The van der Waals surface area contributed by atoms with Crippen LogP contribution in [0.5, 0.6) is 0 Å². The largest absolute Gasteiger partial charge is 0.297 e. The SMILES string of the molecule is Cc1cc(C)n2c(-c3csc(Cl)c3)cnc2c1. The third-order valence-corrected chi connectivity index (χ3v) is 3.89. The van der Waals surface area contributed by atoms with E-state index in [9.17, 15) is 0 Å². The van der Waals surface area contributed by atoms with E-state index in [0.29, 0.717) is 0 Å². The van der Waals surface area contributed by atoms with Crippen LogP contribution in [0.25, 0.3) is 16.9 Å². The Bertz CT molecular complexity index is 697. The molecule has 17 heavy (non-hydrogen) atoms. The van der Waals surface area contributed by atoms with Crippen molar-refractivity contribution in [3.05, 3.63) is 45.4 Å². The van der Waals surface area contributed by atoms with Crippen LogP contribution in [0.3, 0.4) is 0 Å². The molecule has 0 aromatic carbocycles. The van der Waals surface area contributed by atoms with Crippen LogP contribution in [0.4, 0.5) is 0 Å². The van der Waals surface area contributed by atoms with Gasteiger partial charge in [0, 0.05) is 16.6 Å². The van der Waals surface area contributed by atoms with Crippen LogP contribution in [-0.2, 0) is 0 Å². The molecule has 0 bridgehead atoms. The van der Waals surface area contributed by atoms with E-state index in [-0.39, 0.29) is 0 Å². The molecule has 86 valence electrons. The monoisotopic (exact) mass is 262 g/mol. The highest BCUT2D eigenvalue weighted by atomic mass is 35.5. The molecule has 0 saturated heterocycles. The van der Waals surface area contributed by atoms with Crippen molar-refractivity contribution in [2.24, 2.45) is 0 Å². The first-order chi connectivity index (χ1) is 8.15. The summed E-state index contributed by atoms with van der Waals surface area (Å²) in [5.74, 6) is 0. The maximum absolute atomic E-state index is 5.98. The van der Waals surface area contributed by atoms with Crippen molar-refractivity contribution < 1.29 is 0 Å². The highest BCUT2D eigenvalue weighted by molar-refractivity contribution is 7.14. The van der Waals surface area contributed by atoms with Crippen molar-refractivity contribution >= 4 is 28.6 Å². The number of hydrogen-bond acceptors (Lipinski definition) is 2. The normalized spacial score (nSPS) is 11.2. The fraction of sp³-hybridized carbons (Fsp3) is 0.154. The molecule has 2 nitrogen and oxygen atoms in total. The Kier molecular flexibility index (Phi) is 2.45. The molecule has 0 unspecified atom stereocenters. The molecular formula is C13H11ClN2S. The molecule has 3 aromatic heterocycles. The van der Waals surface area contributed by atoms with Crippen molar-refractivity contribution in [1.29, 1.82) is 0 Å². The topological polar surface area (TPSA) is 17.3 Å². The van der Waals surface area contributed by atoms with E-state index in [1.54, 1.807) is 11.3 Å². The fourth-order valence-electron chi connectivity index (χ4n) is 2.13. The van der Waals surface area contributed by atoms with Crippen molar-refractivity contribution in [1.82, 2.24) is 9.38 Å². The molecule has 0 radical (unpaired) electrons. The van der Waals surface area contributed by atoms with E-state index in [0.717, 1.165) is 21.2 Å². The lowest BCUT2D eigenvalue weighted by atomic mass is 10.2. The van der Waals surface area contributed by atoms with Crippen LogP contribution in [-0.4, -0.2) is 9.38 Å². The molecule has 0 N–H and O–H groups in total. The third kappa shape index (κ3) is 1.75. The summed E-state index contributed by atoms with van der Waals surface area (Å²) in [5.41, 5.74) is 5.63. The summed E-state index contributed by atoms with van der Waals surface area (Å²) in [6.07, 6.45) is 1.90. The Morgan fingerprint density at radius 2 is 2.06 bits per heavy atom. The fourth-order valence-corrected chi connectivity index (χ4v) is 3.00. The zero-order chi connectivity index (χ0) is 12.0. The van der Waals surface area contributed by atoms with Gasteiger partial charge in [0.25, 0.3) is 0 Å². The summed E-state index contributed by atoms with van der Waals surface area (Å²) in [5, 5.41) is 2.06. The number of pyridine rings is 1. The maximum atomic E-state index is 5.98. The molecular weight excluding hydrogens is 252 g/mol. The number of hydrogen-bond donors (Lipinski definition) is 0. The average molecular weight is 263 g/mol. The quantitative estimate of drug-likeness (QED) is 0.638. The smallest absolute Gasteiger partial charge is 0.137 e. The minimum Gasteiger partial charge on any atom is -0.297 e. The van der Waals surface area contributed by atoms with Gasteiger partial charge >= 0.3 is 0 Å². The van der Waals surface area contributed by atoms with Crippen LogP contribution in [0.15, 0.2) is 29.8 Å². The number of halogens is 1. The molecule has 0 aliphatic heterocycles. The van der Waals surface area contributed by atoms with Gasteiger partial charge in [0.1, 0.15) is 5.65 Å². The molecule has 0 fully saturated rings. The van der Waals surface area contributed by atoms with E-state index in [2.05, 4.69) is 40.7 Å². The number of aryl methyl sites for hydroxylation is 2. The molecule has 3 aromatic rings. The van der Waals surface area contributed by atoms with E-state index in [1.807, 2.05) is 12.3 Å². The van der Waals surface area contributed by atoms with Gasteiger partial charge in [-0.25, -0.2) is 4.98 Å². The molecule has 3 heterocycles. The number of rotatable bonds is 1. The maximum Gasteiger partial charge on any atom is 0.137 e. The third-order valence-electron chi connectivity index (χ3n) is 2.80. The summed E-state index contributed by atoms with van der Waals surface area (Å²) in [6, 6.07) is 6.23. The number of fused-ring (bicyclic) bond motifs is 1. The van der Waals surface area contributed by atoms with Crippen molar-refractivity contribution in [2.75, 3.05) is 0 Å². The summed E-state index contributed by atoms with van der Waals surface area (Å²) >= 11 is 7.53. The van der Waals surface area contributed by atoms with Gasteiger partial charge in [-0.3, -0.25) is 4.40 Å². The van der Waals surface area contributed by atoms with Gasteiger partial charge < -0.3 is 0 Å². The zero-order valence-electron chi connectivity index (χ0n) is 9.57. The van der Waals surface area contributed by atoms with Crippen molar-refractivity contribution in [3.8, 4) is 11.3 Å². The van der Waals surface area contributed by atoms with Gasteiger partial charge in [0.15, 0.2) is 0 Å². The van der Waals surface area contributed by atoms with Gasteiger partial charge in [-0.1, -0.05) is 11.6 Å². The van der Waals surface area contributed by atoms with Gasteiger partial charge in [0.05, 0.1) is 16.2 Å². The average Bonchev–Trinajstić information content (AvgIpc) is 2.83. The first-order valence-electron chi connectivity index (χ1n) is 5.34. The van der Waals surface area contributed by atoms with E-state index < -0.39 is 0 Å². The first-order valence-corrected chi connectivity index (χ1v) is 6.60. The molecule has 0 saturated carbocycles. The molecule has 4 heteroatoms. The minimum absolute atomic E-state index is 0.805. The Morgan fingerprint density at radius 3 is 2.76 bits per heavy atom. The van der Waals surface area contributed by atoms with Crippen LogP contribution >= 0.6 is 22.9 Å². The Balaban J connectivity index is 2.31. The zero-order valence-corrected chi connectivity index (χ0v) is 11.1. The second kappa shape index (κ2) is 3.86. The number of aromatic nitrogens is 2. The lowest BCUT2D eigenvalue weighted by molar-refractivity contribution is 1.09. The molecule has 0 aliphatic rings. The van der Waals surface area contributed by atoms with Crippen LogP contribution in [0.1, 0.15) is 11.3 Å². The van der Waals surface area contributed by atoms with Crippen LogP contribution in [0.2, 0.25) is 4.34 Å². The Hall–Kier alpha value is -1.32. The summed E-state index contributed by atoms with van der Waals surface area (Å²) in [4.78, 5) is 4.45. The van der Waals surface area contributed by atoms with Gasteiger partial charge in [-0.15, -0.1) is 11.3 Å². The van der Waals surface area contributed by atoms with E-state index >= 15 is 0 Å². The summed E-state index contributed by atoms with van der Waals surface area (Å²) in [6.45, 7) is 4.18. The second-order valence-electron chi connectivity index (χ2n) is 4.15. The number of thiophene rings is 1. The van der Waals surface area contributed by atoms with E-state index in [4.69, 9.17) is 11.6 Å². The van der Waals surface area contributed by atoms with Crippen LogP contribution in [0, 0.1) is 13.8 Å². The van der Waals surface area contributed by atoms with Gasteiger partial charge in [-0.05, 0) is 37.6 Å². The lowest BCUT2D eigenvalue weighted by Crippen LogP contribution is -1.94. The molecule has 0 atom stereocenters. The second-order valence-corrected chi connectivity index (χ2v) is 5.69. The van der Waals surface area contributed by atoms with Gasteiger partial charge in [-0.2, -0.15) is 0 Å². The standard InChI is InChI=1S/C13H11ClN2S/c1-8-3-9(2)16-11(6-15-13(16)4-8)10-5-12(14)17-7-10/h3-7H,1-2H3. The molecule has 0 spiro atoms. The Labute approximate surface area is 108 Å². The number of imidazole rings is 1. The lowest BCUT2D eigenvalue weighted by Gasteiger charge is -2.05. The molecule has 0 amide bonds. The first kappa shape index (κ1) is 10.8. The predicted octanol–water partition coefficient (Wildman–Crippen LogP) is 4.33. The molecule has 0 aliphatic carbocycles.